The van der Waals surface area contributed by atoms with Crippen molar-refractivity contribution in [2.75, 3.05) is 13.2 Å². The smallest absolute Gasteiger partial charge is 0.306 e. The molecule has 0 rings (SSSR count). The highest BCUT2D eigenvalue weighted by Gasteiger charge is 2.19. The van der Waals surface area contributed by atoms with Crippen LogP contribution in [0.4, 0.5) is 0 Å². The standard InChI is InChI=1S/C77H126O6/c1-4-7-10-13-16-19-22-25-27-29-30-31-32-33-34-35-36-37-38-39-40-41-42-43-44-45-46-48-49-52-55-58-61-64-67-70-76(79)82-73-74(72-81-75(78)69-66-63-60-57-54-51-24-21-18-15-12-9-6-3)83-77(80)71-68-65-62-59-56-53-50-47-28-26-23-20-17-14-11-8-5-2/h7,10,12,15-17,19-21,24-28,30-31,33-34,36-37,39-40,42-43,74H,4-6,8-9,11,13-14,18,22-23,29,32,35,38,41,44-73H2,1-3H3/b10-7-,15-12-,19-16-,20-17-,24-21-,27-25-,28-26-,31-30-,34-33-,37-36-,40-39-,43-42-. The Kier molecular flexibility index (Phi) is 65.8. The van der Waals surface area contributed by atoms with Crippen LogP contribution in [-0.4, -0.2) is 37.2 Å². The molecule has 0 saturated carbocycles. The fourth-order valence-corrected chi connectivity index (χ4v) is 9.17. The van der Waals surface area contributed by atoms with Crippen LogP contribution < -0.4 is 0 Å². The topological polar surface area (TPSA) is 78.9 Å². The summed E-state index contributed by atoms with van der Waals surface area (Å²) in [6.07, 6.45) is 100. The lowest BCUT2D eigenvalue weighted by Gasteiger charge is -2.18. The molecular weight excluding hydrogens is 1020 g/mol. The van der Waals surface area contributed by atoms with E-state index in [1.54, 1.807) is 0 Å². The summed E-state index contributed by atoms with van der Waals surface area (Å²) in [4.78, 5) is 38.3. The number of unbranched alkanes of at least 4 members (excludes halogenated alkanes) is 26. The third kappa shape index (κ3) is 68.0. The van der Waals surface area contributed by atoms with Crippen molar-refractivity contribution in [2.45, 2.75) is 309 Å². The zero-order chi connectivity index (χ0) is 59.9. The van der Waals surface area contributed by atoms with Crippen LogP contribution in [-0.2, 0) is 28.6 Å². The molecule has 0 amide bonds. The van der Waals surface area contributed by atoms with Crippen molar-refractivity contribution in [3.05, 3.63) is 146 Å². The Hall–Kier alpha value is -4.71. The molecule has 1 unspecified atom stereocenters. The summed E-state index contributed by atoms with van der Waals surface area (Å²) in [5, 5.41) is 0. The molecule has 0 spiro atoms. The first-order chi connectivity index (χ1) is 41.0. The van der Waals surface area contributed by atoms with E-state index in [4.69, 9.17) is 14.2 Å². The van der Waals surface area contributed by atoms with Crippen molar-refractivity contribution in [1.82, 2.24) is 0 Å². The van der Waals surface area contributed by atoms with E-state index in [-0.39, 0.29) is 31.1 Å². The predicted molar refractivity (Wildman–Crippen MR) is 362 cm³/mol. The normalized spacial score (nSPS) is 13.0. The first-order valence-electron chi connectivity index (χ1n) is 34.3. The van der Waals surface area contributed by atoms with Gasteiger partial charge in [0, 0.05) is 19.3 Å². The average Bonchev–Trinajstić information content (AvgIpc) is 3.49. The summed E-state index contributed by atoms with van der Waals surface area (Å²) < 4.78 is 16.9. The van der Waals surface area contributed by atoms with Crippen LogP contribution in [0.5, 0.6) is 0 Å². The molecule has 0 aliphatic heterocycles. The molecule has 0 heterocycles. The summed E-state index contributed by atoms with van der Waals surface area (Å²) in [7, 11) is 0. The van der Waals surface area contributed by atoms with E-state index in [0.29, 0.717) is 19.3 Å². The molecular formula is C77H126O6. The third-order valence-corrected chi connectivity index (χ3v) is 14.3. The Balaban J connectivity index is 4.26. The summed E-state index contributed by atoms with van der Waals surface area (Å²) in [6, 6.07) is 0. The zero-order valence-corrected chi connectivity index (χ0v) is 53.9. The van der Waals surface area contributed by atoms with E-state index >= 15 is 0 Å². The summed E-state index contributed by atoms with van der Waals surface area (Å²) in [5.41, 5.74) is 0. The largest absolute Gasteiger partial charge is 0.462 e. The van der Waals surface area contributed by atoms with Crippen LogP contribution >= 0.6 is 0 Å². The average molecular weight is 1150 g/mol. The summed E-state index contributed by atoms with van der Waals surface area (Å²) >= 11 is 0. The maximum Gasteiger partial charge on any atom is 0.306 e. The minimum absolute atomic E-state index is 0.0911. The van der Waals surface area contributed by atoms with Gasteiger partial charge in [0.25, 0.3) is 0 Å². The Bertz CT molecular complexity index is 1800. The van der Waals surface area contributed by atoms with Crippen molar-refractivity contribution in [3.63, 3.8) is 0 Å². The van der Waals surface area contributed by atoms with Crippen LogP contribution in [0.15, 0.2) is 146 Å². The molecule has 0 aliphatic carbocycles. The van der Waals surface area contributed by atoms with E-state index in [2.05, 4.69) is 167 Å². The lowest BCUT2D eigenvalue weighted by molar-refractivity contribution is -0.167. The maximum absolute atomic E-state index is 12.9. The highest BCUT2D eigenvalue weighted by molar-refractivity contribution is 5.71. The second kappa shape index (κ2) is 69.8. The van der Waals surface area contributed by atoms with Crippen molar-refractivity contribution < 1.29 is 28.6 Å². The second-order valence-corrected chi connectivity index (χ2v) is 22.3. The van der Waals surface area contributed by atoms with Gasteiger partial charge in [-0.3, -0.25) is 14.4 Å². The minimum atomic E-state index is -0.795. The van der Waals surface area contributed by atoms with Crippen LogP contribution in [0, 0.1) is 0 Å². The lowest BCUT2D eigenvalue weighted by atomic mass is 10.1. The highest BCUT2D eigenvalue weighted by atomic mass is 16.6. The maximum atomic E-state index is 12.9. The molecule has 0 aliphatic rings. The molecule has 6 heteroatoms. The molecule has 0 saturated heterocycles. The van der Waals surface area contributed by atoms with E-state index in [9.17, 15) is 14.4 Å². The monoisotopic (exact) mass is 1150 g/mol. The molecule has 0 aromatic rings. The van der Waals surface area contributed by atoms with Crippen molar-refractivity contribution in [2.24, 2.45) is 0 Å². The number of ether oxygens (including phenoxy) is 3. The van der Waals surface area contributed by atoms with E-state index in [1.165, 1.54) is 103 Å². The first kappa shape index (κ1) is 78.3. The third-order valence-electron chi connectivity index (χ3n) is 14.3. The molecule has 6 nitrogen and oxygen atoms in total. The van der Waals surface area contributed by atoms with Gasteiger partial charge in [0.1, 0.15) is 13.2 Å². The lowest BCUT2D eigenvalue weighted by Crippen LogP contribution is -2.30. The van der Waals surface area contributed by atoms with E-state index < -0.39 is 6.10 Å². The number of carbonyl (C=O) groups excluding carboxylic acids is 3. The van der Waals surface area contributed by atoms with Crippen molar-refractivity contribution >= 4 is 17.9 Å². The Labute approximate surface area is 512 Å². The number of hydrogen-bond donors (Lipinski definition) is 0. The summed E-state index contributed by atoms with van der Waals surface area (Å²) in [5.74, 6) is -0.914. The van der Waals surface area contributed by atoms with Crippen LogP contribution in [0.3, 0.4) is 0 Å². The molecule has 470 valence electrons. The van der Waals surface area contributed by atoms with Crippen LogP contribution in [0.1, 0.15) is 303 Å². The van der Waals surface area contributed by atoms with Gasteiger partial charge >= 0.3 is 17.9 Å². The minimum Gasteiger partial charge on any atom is -0.462 e. The highest BCUT2D eigenvalue weighted by Crippen LogP contribution is 2.15. The second-order valence-electron chi connectivity index (χ2n) is 22.3. The fraction of sp³-hybridized carbons (Fsp3) is 0.649. The molecule has 0 aromatic carbocycles. The first-order valence-corrected chi connectivity index (χ1v) is 34.3. The van der Waals surface area contributed by atoms with Crippen molar-refractivity contribution in [3.8, 4) is 0 Å². The Morgan fingerprint density at radius 2 is 0.494 bits per heavy atom. The SMILES string of the molecule is CC/C=C\C/C=C\C/C=C\C/C=C\C/C=C\C/C=C\C/C=C\C/C=C\CCCCCCCCCCCCC(=O)OCC(COC(=O)CCCCCCC/C=C\C/C=C\CCC)OC(=O)CCCCCCCCC/C=C\C/C=C\CCCCC. The number of hydrogen-bond acceptors (Lipinski definition) is 6. The molecule has 0 fully saturated rings. The quantitative estimate of drug-likeness (QED) is 0.0261. The number of allylic oxidation sites excluding steroid dienone is 24. The van der Waals surface area contributed by atoms with Gasteiger partial charge in [0.2, 0.25) is 0 Å². The van der Waals surface area contributed by atoms with Gasteiger partial charge < -0.3 is 14.2 Å². The molecule has 1 atom stereocenters. The van der Waals surface area contributed by atoms with Gasteiger partial charge in [-0.15, -0.1) is 0 Å². The van der Waals surface area contributed by atoms with Crippen molar-refractivity contribution in [1.29, 1.82) is 0 Å². The van der Waals surface area contributed by atoms with E-state index in [1.807, 2.05) is 0 Å². The molecule has 0 N–H and O–H groups in total. The van der Waals surface area contributed by atoms with Gasteiger partial charge in [-0.2, -0.15) is 0 Å². The number of rotatable bonds is 61. The Morgan fingerprint density at radius 3 is 0.783 bits per heavy atom. The van der Waals surface area contributed by atoms with Gasteiger partial charge in [-0.1, -0.05) is 289 Å². The number of carbonyl (C=O) groups is 3. The summed E-state index contributed by atoms with van der Waals surface area (Å²) in [6.45, 7) is 6.42. The van der Waals surface area contributed by atoms with Gasteiger partial charge in [0.15, 0.2) is 6.10 Å². The van der Waals surface area contributed by atoms with Crippen LogP contribution in [0.2, 0.25) is 0 Å². The molecule has 0 radical (unpaired) electrons. The zero-order valence-electron chi connectivity index (χ0n) is 53.9. The van der Waals surface area contributed by atoms with E-state index in [0.717, 1.165) is 161 Å². The molecule has 0 bridgehead atoms. The van der Waals surface area contributed by atoms with Gasteiger partial charge in [-0.25, -0.2) is 0 Å². The Morgan fingerprint density at radius 1 is 0.253 bits per heavy atom. The van der Waals surface area contributed by atoms with Gasteiger partial charge in [-0.05, 0) is 141 Å². The molecule has 0 aromatic heterocycles. The van der Waals surface area contributed by atoms with Crippen LogP contribution in [0.25, 0.3) is 0 Å². The van der Waals surface area contributed by atoms with Gasteiger partial charge in [0.05, 0.1) is 0 Å². The predicted octanol–water partition coefficient (Wildman–Crippen LogP) is 23.9. The fourth-order valence-electron chi connectivity index (χ4n) is 9.17. The number of esters is 3. The molecule has 83 heavy (non-hydrogen) atoms.